The molecule has 1 heterocycles. The fourth-order valence-corrected chi connectivity index (χ4v) is 3.56. The van der Waals surface area contributed by atoms with Crippen LogP contribution in [0.5, 0.6) is 0 Å². The summed E-state index contributed by atoms with van der Waals surface area (Å²) in [5.41, 5.74) is -0.0573. The SMILES string of the molecule is C=[N+](C)C(=O)N(Cc1cc(F)ccc1F)C(=O)C1C(=O)N(CC(=O)O)c2ccc(Cl)cc21. The number of hydrogen-bond acceptors (Lipinski definition) is 4. The van der Waals surface area contributed by atoms with Crippen LogP contribution in [0.2, 0.25) is 5.02 Å². The molecule has 1 atom stereocenters. The predicted molar refractivity (Wildman–Crippen MR) is 110 cm³/mol. The first-order chi connectivity index (χ1) is 15.0. The molecule has 11 heteroatoms. The Balaban J connectivity index is 2.07. The van der Waals surface area contributed by atoms with Gasteiger partial charge in [-0.15, -0.1) is 0 Å². The van der Waals surface area contributed by atoms with E-state index in [1.165, 1.54) is 25.2 Å². The molecule has 8 nitrogen and oxygen atoms in total. The van der Waals surface area contributed by atoms with Crippen LogP contribution in [0.1, 0.15) is 17.0 Å². The van der Waals surface area contributed by atoms with E-state index in [1.54, 1.807) is 0 Å². The lowest BCUT2D eigenvalue weighted by Crippen LogP contribution is -2.45. The number of hydrogen-bond donors (Lipinski definition) is 1. The number of carboxylic acid groups (broad SMARTS) is 1. The van der Waals surface area contributed by atoms with Gasteiger partial charge in [0.05, 0.1) is 13.8 Å². The highest BCUT2D eigenvalue weighted by Gasteiger charge is 2.49. The summed E-state index contributed by atoms with van der Waals surface area (Å²) in [6.45, 7) is 2.01. The monoisotopic (exact) mass is 464 g/mol. The number of urea groups is 1. The number of fused-ring (bicyclic) bond motifs is 1. The summed E-state index contributed by atoms with van der Waals surface area (Å²) in [6.07, 6.45) is 0. The normalized spacial score (nSPS) is 14.8. The van der Waals surface area contributed by atoms with E-state index in [2.05, 4.69) is 6.72 Å². The molecule has 0 fully saturated rings. The zero-order valence-electron chi connectivity index (χ0n) is 16.7. The van der Waals surface area contributed by atoms with Gasteiger partial charge in [0.25, 0.3) is 0 Å². The minimum absolute atomic E-state index is 0.0954. The zero-order chi connectivity index (χ0) is 23.7. The largest absolute Gasteiger partial charge is 0.500 e. The molecule has 0 aliphatic carbocycles. The summed E-state index contributed by atoms with van der Waals surface area (Å²) in [4.78, 5) is 51.8. The van der Waals surface area contributed by atoms with E-state index in [0.29, 0.717) is 4.90 Å². The Morgan fingerprint density at radius 1 is 1.22 bits per heavy atom. The molecule has 0 aromatic heterocycles. The van der Waals surface area contributed by atoms with Gasteiger partial charge < -0.3 is 5.11 Å². The molecular formula is C21H17ClF2N3O5+. The number of carbonyl (C=O) groups is 4. The third-order valence-electron chi connectivity index (χ3n) is 4.80. The number of carbonyl (C=O) groups excluding carboxylic acids is 3. The molecule has 0 saturated heterocycles. The van der Waals surface area contributed by atoms with Crippen LogP contribution in [-0.4, -0.2) is 58.7 Å². The number of halogens is 3. The molecular weight excluding hydrogens is 448 g/mol. The topological polar surface area (TPSA) is 98.0 Å². The van der Waals surface area contributed by atoms with E-state index in [0.717, 1.165) is 27.7 Å². The lowest BCUT2D eigenvalue weighted by atomic mass is 9.99. The number of amides is 4. The number of carboxylic acids is 1. The summed E-state index contributed by atoms with van der Waals surface area (Å²) in [7, 11) is 1.24. The van der Waals surface area contributed by atoms with Crippen LogP contribution in [0.4, 0.5) is 19.3 Å². The van der Waals surface area contributed by atoms with Crippen molar-refractivity contribution in [2.45, 2.75) is 12.5 Å². The second-order valence-corrected chi connectivity index (χ2v) is 7.53. The molecule has 0 bridgehead atoms. The highest BCUT2D eigenvalue weighted by molar-refractivity contribution is 6.31. The van der Waals surface area contributed by atoms with Crippen LogP contribution < -0.4 is 4.90 Å². The maximum absolute atomic E-state index is 14.2. The Labute approximate surface area is 185 Å². The molecule has 2 aromatic rings. The van der Waals surface area contributed by atoms with Gasteiger partial charge in [-0.2, -0.15) is 9.69 Å². The maximum Gasteiger partial charge on any atom is 0.500 e. The fraction of sp³-hybridized carbons (Fsp3) is 0.190. The van der Waals surface area contributed by atoms with Crippen LogP contribution in [0.15, 0.2) is 36.4 Å². The quantitative estimate of drug-likeness (QED) is 0.417. The van der Waals surface area contributed by atoms with Gasteiger partial charge in [0.2, 0.25) is 5.91 Å². The highest BCUT2D eigenvalue weighted by Crippen LogP contribution is 2.40. The van der Waals surface area contributed by atoms with Gasteiger partial charge in [-0.3, -0.25) is 14.5 Å². The minimum Gasteiger partial charge on any atom is -0.480 e. The van der Waals surface area contributed by atoms with Gasteiger partial charge in [0, 0.05) is 21.8 Å². The van der Waals surface area contributed by atoms with Crippen molar-refractivity contribution >= 4 is 47.8 Å². The Morgan fingerprint density at radius 3 is 2.53 bits per heavy atom. The van der Waals surface area contributed by atoms with E-state index in [9.17, 15) is 28.0 Å². The van der Waals surface area contributed by atoms with E-state index in [-0.39, 0.29) is 21.8 Å². The number of benzene rings is 2. The average molecular weight is 465 g/mol. The number of anilines is 1. The van der Waals surface area contributed by atoms with E-state index >= 15 is 0 Å². The number of nitrogens with zero attached hydrogens (tertiary/aromatic N) is 3. The Kier molecular flexibility index (Phi) is 6.35. The molecule has 3 rings (SSSR count). The average Bonchev–Trinajstić information content (AvgIpc) is 2.97. The van der Waals surface area contributed by atoms with Crippen molar-refractivity contribution in [2.75, 3.05) is 18.5 Å². The third-order valence-corrected chi connectivity index (χ3v) is 5.04. The number of imide groups is 1. The smallest absolute Gasteiger partial charge is 0.480 e. The summed E-state index contributed by atoms with van der Waals surface area (Å²) in [5, 5.41) is 9.33. The van der Waals surface area contributed by atoms with Gasteiger partial charge in [-0.05, 0) is 36.4 Å². The predicted octanol–water partition coefficient (Wildman–Crippen LogP) is 2.62. The van der Waals surface area contributed by atoms with Crippen LogP contribution >= 0.6 is 11.6 Å². The first-order valence-electron chi connectivity index (χ1n) is 9.17. The van der Waals surface area contributed by atoms with E-state index in [4.69, 9.17) is 16.7 Å². The summed E-state index contributed by atoms with van der Waals surface area (Å²) in [5.74, 6) is -6.53. The van der Waals surface area contributed by atoms with Crippen molar-refractivity contribution in [1.29, 1.82) is 0 Å². The lowest BCUT2D eigenvalue weighted by Gasteiger charge is -2.18. The molecule has 1 aliphatic rings. The molecule has 0 spiro atoms. The fourth-order valence-electron chi connectivity index (χ4n) is 3.38. The molecule has 32 heavy (non-hydrogen) atoms. The van der Waals surface area contributed by atoms with Crippen LogP contribution in [-0.2, 0) is 20.9 Å². The molecule has 166 valence electrons. The third kappa shape index (κ3) is 4.35. The standard InChI is InChI=1S/C21H16ClF2N3O5/c1-25(2)21(32)27(9-11-7-13(23)4-5-15(11)24)20(31)18-14-8-12(22)3-6-16(14)26(19(18)30)10-17(28)29/h3-8,18H,1,9-10H2,2H3/p+1. The Bertz CT molecular complexity index is 1170. The molecule has 1 aliphatic heterocycles. The van der Waals surface area contributed by atoms with Crippen molar-refractivity contribution in [1.82, 2.24) is 4.90 Å². The van der Waals surface area contributed by atoms with Crippen molar-refractivity contribution < 1.29 is 37.6 Å². The highest BCUT2D eigenvalue weighted by atomic mass is 35.5. The number of rotatable bonds is 5. The first-order valence-corrected chi connectivity index (χ1v) is 9.55. The Hall–Kier alpha value is -3.66. The first kappa shape index (κ1) is 23.0. The Morgan fingerprint density at radius 2 is 1.91 bits per heavy atom. The van der Waals surface area contributed by atoms with Crippen LogP contribution in [0.25, 0.3) is 0 Å². The van der Waals surface area contributed by atoms with Gasteiger partial charge in [-0.1, -0.05) is 11.6 Å². The van der Waals surface area contributed by atoms with Crippen LogP contribution in [0.3, 0.4) is 0 Å². The molecule has 1 N–H and O–H groups in total. The van der Waals surface area contributed by atoms with Gasteiger partial charge in [-0.25, -0.2) is 18.2 Å². The van der Waals surface area contributed by atoms with Gasteiger partial charge in [0.1, 0.15) is 24.7 Å². The van der Waals surface area contributed by atoms with Gasteiger partial charge in [0.15, 0.2) is 5.92 Å². The molecule has 0 radical (unpaired) electrons. The van der Waals surface area contributed by atoms with E-state index < -0.39 is 54.5 Å². The van der Waals surface area contributed by atoms with Crippen LogP contribution in [0, 0.1) is 11.6 Å². The molecule has 0 saturated carbocycles. The van der Waals surface area contributed by atoms with Crippen molar-refractivity contribution in [3.05, 3.63) is 64.2 Å². The maximum atomic E-state index is 14.2. The summed E-state index contributed by atoms with van der Waals surface area (Å²) < 4.78 is 28.6. The summed E-state index contributed by atoms with van der Waals surface area (Å²) in [6, 6.07) is 5.69. The van der Waals surface area contributed by atoms with Gasteiger partial charge >= 0.3 is 17.9 Å². The lowest BCUT2D eigenvalue weighted by molar-refractivity contribution is -0.392. The second-order valence-electron chi connectivity index (χ2n) is 7.09. The molecule has 4 amide bonds. The molecule has 2 aromatic carbocycles. The number of aliphatic carboxylic acids is 1. The van der Waals surface area contributed by atoms with E-state index in [1.807, 2.05) is 0 Å². The molecule has 1 unspecified atom stereocenters. The minimum atomic E-state index is -1.61. The van der Waals surface area contributed by atoms with Crippen molar-refractivity contribution in [2.24, 2.45) is 0 Å². The van der Waals surface area contributed by atoms with Crippen molar-refractivity contribution in [3.63, 3.8) is 0 Å². The zero-order valence-corrected chi connectivity index (χ0v) is 17.5. The van der Waals surface area contributed by atoms with Crippen molar-refractivity contribution in [3.8, 4) is 0 Å². The second kappa shape index (κ2) is 8.83. The summed E-state index contributed by atoms with van der Waals surface area (Å²) >= 11 is 6.01.